The van der Waals surface area contributed by atoms with Crippen molar-refractivity contribution in [2.75, 3.05) is 17.6 Å². The zero-order chi connectivity index (χ0) is 14.0. The quantitative estimate of drug-likeness (QED) is 0.778. The zero-order valence-electron chi connectivity index (χ0n) is 12.2. The summed E-state index contributed by atoms with van der Waals surface area (Å²) in [5, 5.41) is 18.2. The van der Waals surface area contributed by atoms with Gasteiger partial charge in [0.25, 0.3) is 0 Å². The Labute approximate surface area is 115 Å². The predicted molar refractivity (Wildman–Crippen MR) is 78.1 cm³/mol. The van der Waals surface area contributed by atoms with Crippen LogP contribution in [0, 0.1) is 5.92 Å². The topological polar surface area (TPSA) is 76.1 Å². The summed E-state index contributed by atoms with van der Waals surface area (Å²) in [4.78, 5) is 0. The van der Waals surface area contributed by atoms with E-state index in [0.717, 1.165) is 49.5 Å². The van der Waals surface area contributed by atoms with E-state index >= 15 is 0 Å². The number of nitrogens with two attached hydrogens (primary N) is 1. The van der Waals surface area contributed by atoms with Gasteiger partial charge in [-0.15, -0.1) is 0 Å². The molecule has 0 aromatic carbocycles. The van der Waals surface area contributed by atoms with Crippen molar-refractivity contribution in [1.82, 2.24) is 9.78 Å². The first-order chi connectivity index (χ1) is 8.95. The average molecular weight is 266 g/mol. The summed E-state index contributed by atoms with van der Waals surface area (Å²) in [6.07, 6.45) is 4.74. The van der Waals surface area contributed by atoms with Crippen molar-refractivity contribution in [2.45, 2.75) is 51.6 Å². The van der Waals surface area contributed by atoms with Crippen molar-refractivity contribution < 1.29 is 5.11 Å². The molecule has 0 amide bonds. The van der Waals surface area contributed by atoms with Crippen LogP contribution in [-0.2, 0) is 13.5 Å². The zero-order valence-corrected chi connectivity index (χ0v) is 12.2. The van der Waals surface area contributed by atoms with Gasteiger partial charge in [-0.25, -0.2) is 0 Å². The van der Waals surface area contributed by atoms with Crippen molar-refractivity contribution in [1.29, 1.82) is 0 Å². The smallest absolute Gasteiger partial charge is 0.147 e. The molecule has 0 unspecified atom stereocenters. The molecule has 1 saturated carbocycles. The van der Waals surface area contributed by atoms with Crippen molar-refractivity contribution in [3.05, 3.63) is 5.69 Å². The maximum atomic E-state index is 10.6. The van der Waals surface area contributed by atoms with Gasteiger partial charge in [0, 0.05) is 13.6 Å². The molecule has 108 valence electrons. The fourth-order valence-corrected chi connectivity index (χ4v) is 2.79. The third kappa shape index (κ3) is 3.03. The lowest BCUT2D eigenvalue weighted by molar-refractivity contribution is 0.00491. The summed E-state index contributed by atoms with van der Waals surface area (Å²) < 4.78 is 1.77. The minimum atomic E-state index is -0.602. The van der Waals surface area contributed by atoms with Crippen LogP contribution in [0.1, 0.15) is 45.2 Å². The van der Waals surface area contributed by atoms with Crippen molar-refractivity contribution in [3.63, 3.8) is 0 Å². The predicted octanol–water partition coefficient (Wildman–Crippen LogP) is 1.92. The van der Waals surface area contributed by atoms with E-state index in [1.807, 2.05) is 14.0 Å². The van der Waals surface area contributed by atoms with E-state index in [1.165, 1.54) is 0 Å². The minimum Gasteiger partial charge on any atom is -0.394 e. The van der Waals surface area contributed by atoms with E-state index in [4.69, 9.17) is 5.73 Å². The van der Waals surface area contributed by atoms with Crippen LogP contribution in [0.15, 0.2) is 0 Å². The molecule has 0 bridgehead atoms. The van der Waals surface area contributed by atoms with Crippen LogP contribution in [0.3, 0.4) is 0 Å². The molecular formula is C14H26N4O. The second-order valence-electron chi connectivity index (χ2n) is 5.95. The highest BCUT2D eigenvalue weighted by molar-refractivity contribution is 5.65. The molecule has 0 radical (unpaired) electrons. The van der Waals surface area contributed by atoms with Crippen LogP contribution in [0.5, 0.6) is 0 Å². The van der Waals surface area contributed by atoms with E-state index < -0.39 is 5.60 Å². The molecule has 19 heavy (non-hydrogen) atoms. The Hall–Kier alpha value is -1.23. The van der Waals surface area contributed by atoms with Crippen molar-refractivity contribution in [2.24, 2.45) is 13.0 Å². The number of anilines is 2. The Morgan fingerprint density at radius 2 is 2.11 bits per heavy atom. The van der Waals surface area contributed by atoms with E-state index in [1.54, 1.807) is 4.68 Å². The standard InChI is InChI=1S/C14H26N4O/c1-4-11-12(15)13(18(3)17-11)16-9-14(19)7-5-10(2)6-8-14/h10,16,19H,4-9,15H2,1-3H3. The van der Waals surface area contributed by atoms with Crippen LogP contribution in [0.4, 0.5) is 11.5 Å². The van der Waals surface area contributed by atoms with Gasteiger partial charge in [-0.05, 0) is 38.0 Å². The molecule has 5 nitrogen and oxygen atoms in total. The Kier molecular flexibility index (Phi) is 4.04. The lowest BCUT2D eigenvalue weighted by Crippen LogP contribution is -2.40. The molecule has 5 heteroatoms. The molecule has 1 aromatic rings. The fourth-order valence-electron chi connectivity index (χ4n) is 2.79. The van der Waals surface area contributed by atoms with E-state index in [-0.39, 0.29) is 0 Å². The SMILES string of the molecule is CCc1nn(C)c(NCC2(O)CCC(C)CC2)c1N. The summed E-state index contributed by atoms with van der Waals surface area (Å²) in [6, 6.07) is 0. The molecular weight excluding hydrogens is 240 g/mol. The molecule has 4 N–H and O–H groups in total. The van der Waals surface area contributed by atoms with Crippen LogP contribution in [0.2, 0.25) is 0 Å². The van der Waals surface area contributed by atoms with Gasteiger partial charge in [-0.2, -0.15) is 5.10 Å². The summed E-state index contributed by atoms with van der Waals surface area (Å²) in [7, 11) is 1.88. The first-order valence-electron chi connectivity index (χ1n) is 7.23. The minimum absolute atomic E-state index is 0.548. The highest BCUT2D eigenvalue weighted by Crippen LogP contribution is 2.32. The molecule has 1 fully saturated rings. The molecule has 1 heterocycles. The molecule has 0 spiro atoms. The summed E-state index contributed by atoms with van der Waals surface area (Å²) >= 11 is 0. The van der Waals surface area contributed by atoms with Crippen LogP contribution < -0.4 is 11.1 Å². The molecule has 1 aromatic heterocycles. The van der Waals surface area contributed by atoms with Crippen LogP contribution >= 0.6 is 0 Å². The number of hydrogen-bond acceptors (Lipinski definition) is 4. The molecule has 1 aliphatic rings. The number of aliphatic hydroxyl groups is 1. The van der Waals surface area contributed by atoms with Gasteiger partial charge in [0.15, 0.2) is 0 Å². The number of nitrogens with one attached hydrogen (secondary N) is 1. The molecule has 0 saturated heterocycles. The van der Waals surface area contributed by atoms with Gasteiger partial charge in [0.1, 0.15) is 5.82 Å². The Balaban J connectivity index is 2.00. The van der Waals surface area contributed by atoms with E-state index in [0.29, 0.717) is 12.2 Å². The van der Waals surface area contributed by atoms with E-state index in [9.17, 15) is 5.11 Å². The summed E-state index contributed by atoms with van der Waals surface area (Å²) in [5.74, 6) is 1.55. The Morgan fingerprint density at radius 1 is 1.47 bits per heavy atom. The molecule has 2 rings (SSSR count). The summed E-state index contributed by atoms with van der Waals surface area (Å²) in [5.41, 5.74) is 7.08. The Morgan fingerprint density at radius 3 is 2.63 bits per heavy atom. The number of rotatable bonds is 4. The highest BCUT2D eigenvalue weighted by Gasteiger charge is 2.32. The van der Waals surface area contributed by atoms with Gasteiger partial charge in [0.2, 0.25) is 0 Å². The van der Waals surface area contributed by atoms with Crippen molar-refractivity contribution >= 4 is 11.5 Å². The monoisotopic (exact) mass is 266 g/mol. The largest absolute Gasteiger partial charge is 0.394 e. The van der Waals surface area contributed by atoms with Gasteiger partial charge in [0.05, 0.1) is 17.0 Å². The normalized spacial score (nSPS) is 27.5. The van der Waals surface area contributed by atoms with Gasteiger partial charge < -0.3 is 16.2 Å². The van der Waals surface area contributed by atoms with Gasteiger partial charge >= 0.3 is 0 Å². The first kappa shape index (κ1) is 14.2. The second kappa shape index (κ2) is 5.41. The second-order valence-corrected chi connectivity index (χ2v) is 5.95. The molecule has 0 aliphatic heterocycles. The van der Waals surface area contributed by atoms with Crippen LogP contribution in [0.25, 0.3) is 0 Å². The number of nitrogens with zero attached hydrogens (tertiary/aromatic N) is 2. The maximum absolute atomic E-state index is 10.6. The Bertz CT molecular complexity index is 433. The lowest BCUT2D eigenvalue weighted by Gasteiger charge is -2.35. The maximum Gasteiger partial charge on any atom is 0.147 e. The third-order valence-corrected chi connectivity index (χ3v) is 4.29. The summed E-state index contributed by atoms with van der Waals surface area (Å²) in [6.45, 7) is 4.84. The number of aromatic nitrogens is 2. The van der Waals surface area contributed by atoms with E-state index in [2.05, 4.69) is 17.3 Å². The number of hydrogen-bond donors (Lipinski definition) is 3. The highest BCUT2D eigenvalue weighted by atomic mass is 16.3. The number of aryl methyl sites for hydroxylation is 2. The lowest BCUT2D eigenvalue weighted by atomic mass is 9.79. The average Bonchev–Trinajstić information content (AvgIpc) is 2.66. The van der Waals surface area contributed by atoms with Gasteiger partial charge in [-0.1, -0.05) is 13.8 Å². The fraction of sp³-hybridized carbons (Fsp3) is 0.786. The number of nitrogen functional groups attached to an aromatic ring is 1. The van der Waals surface area contributed by atoms with Gasteiger partial charge in [-0.3, -0.25) is 4.68 Å². The first-order valence-corrected chi connectivity index (χ1v) is 7.23. The molecule has 1 aliphatic carbocycles. The third-order valence-electron chi connectivity index (χ3n) is 4.29. The van der Waals surface area contributed by atoms with Crippen LogP contribution in [-0.4, -0.2) is 27.0 Å². The van der Waals surface area contributed by atoms with Crippen molar-refractivity contribution in [3.8, 4) is 0 Å². The molecule has 0 atom stereocenters.